The van der Waals surface area contributed by atoms with Crippen LogP contribution in [0.15, 0.2) is 12.4 Å². The summed E-state index contributed by atoms with van der Waals surface area (Å²) < 4.78 is 1.86. The monoisotopic (exact) mass is 247 g/mol. The minimum Gasteiger partial charge on any atom is -0.394 e. The van der Waals surface area contributed by atoms with Crippen LogP contribution in [0.25, 0.3) is 0 Å². The van der Waals surface area contributed by atoms with Crippen LogP contribution in [0.5, 0.6) is 0 Å². The zero-order valence-corrected chi connectivity index (χ0v) is 10.7. The Morgan fingerprint density at radius 3 is 2.83 bits per heavy atom. The summed E-state index contributed by atoms with van der Waals surface area (Å²) in [6.45, 7) is 4.80. The molecule has 2 heterocycles. The highest BCUT2D eigenvalue weighted by Gasteiger charge is 2.07. The van der Waals surface area contributed by atoms with Crippen LogP contribution >= 0.6 is 0 Å². The third kappa shape index (κ3) is 2.34. The summed E-state index contributed by atoms with van der Waals surface area (Å²) >= 11 is 0. The Bertz CT molecular complexity index is 546. The average molecular weight is 247 g/mol. The molecule has 2 aromatic heterocycles. The molecule has 0 aliphatic rings. The van der Waals surface area contributed by atoms with E-state index in [0.717, 1.165) is 17.9 Å². The van der Waals surface area contributed by atoms with Crippen LogP contribution in [-0.4, -0.2) is 26.8 Å². The number of aryl methyl sites for hydroxylation is 2. The van der Waals surface area contributed by atoms with Crippen LogP contribution in [0, 0.1) is 6.92 Å². The Hall–Kier alpha value is -2.31. The Morgan fingerprint density at radius 2 is 2.22 bits per heavy atom. The van der Waals surface area contributed by atoms with Crippen LogP contribution < -0.4 is 16.4 Å². The molecule has 0 fully saturated rings. The van der Waals surface area contributed by atoms with E-state index in [9.17, 15) is 0 Å². The molecule has 7 nitrogen and oxygen atoms in total. The molecule has 0 spiro atoms. The molecule has 4 N–H and O–H groups in total. The first kappa shape index (κ1) is 12.2. The SMILES string of the molecule is CCn1cc(Nc2ncc(N)c(NC)n2)c(C)n1. The number of anilines is 4. The van der Waals surface area contributed by atoms with Crippen molar-refractivity contribution in [2.75, 3.05) is 23.4 Å². The van der Waals surface area contributed by atoms with Gasteiger partial charge in [-0.15, -0.1) is 0 Å². The van der Waals surface area contributed by atoms with Crippen LogP contribution in [-0.2, 0) is 6.54 Å². The van der Waals surface area contributed by atoms with Gasteiger partial charge >= 0.3 is 0 Å². The summed E-state index contributed by atoms with van der Waals surface area (Å²) in [6, 6.07) is 0. The molecule has 0 aromatic carbocycles. The molecule has 0 saturated heterocycles. The molecule has 0 bridgehead atoms. The lowest BCUT2D eigenvalue weighted by Gasteiger charge is -2.07. The number of nitrogens with two attached hydrogens (primary N) is 1. The van der Waals surface area contributed by atoms with Gasteiger partial charge < -0.3 is 16.4 Å². The van der Waals surface area contributed by atoms with Gasteiger partial charge in [0.2, 0.25) is 5.95 Å². The standard InChI is InChI=1S/C11H17N7/c1-4-18-6-9(7(2)17-18)15-11-14-5-8(12)10(13-3)16-11/h5-6H,4,12H2,1-3H3,(H2,13,14,15,16). The molecule has 2 aromatic rings. The van der Waals surface area contributed by atoms with E-state index in [0.29, 0.717) is 17.5 Å². The highest BCUT2D eigenvalue weighted by Crippen LogP contribution is 2.20. The first-order chi connectivity index (χ1) is 8.63. The molecule has 7 heteroatoms. The minimum absolute atomic E-state index is 0.493. The van der Waals surface area contributed by atoms with Gasteiger partial charge in [-0.3, -0.25) is 4.68 Å². The van der Waals surface area contributed by atoms with Crippen molar-refractivity contribution in [1.29, 1.82) is 0 Å². The molecule has 0 amide bonds. The van der Waals surface area contributed by atoms with Gasteiger partial charge in [-0.1, -0.05) is 0 Å². The fraction of sp³-hybridized carbons (Fsp3) is 0.364. The fourth-order valence-corrected chi connectivity index (χ4v) is 1.57. The molecular formula is C11H17N7. The Morgan fingerprint density at radius 1 is 1.44 bits per heavy atom. The van der Waals surface area contributed by atoms with Crippen LogP contribution in [0.3, 0.4) is 0 Å². The van der Waals surface area contributed by atoms with Crippen molar-refractivity contribution in [3.8, 4) is 0 Å². The van der Waals surface area contributed by atoms with E-state index in [-0.39, 0.29) is 0 Å². The predicted molar refractivity (Wildman–Crippen MR) is 71.9 cm³/mol. The van der Waals surface area contributed by atoms with Gasteiger partial charge in [-0.2, -0.15) is 10.1 Å². The number of hydrogen-bond donors (Lipinski definition) is 3. The Balaban J connectivity index is 2.25. The van der Waals surface area contributed by atoms with Crippen molar-refractivity contribution in [1.82, 2.24) is 19.7 Å². The second-order valence-electron chi connectivity index (χ2n) is 3.86. The highest BCUT2D eigenvalue weighted by atomic mass is 15.3. The second kappa shape index (κ2) is 4.91. The van der Waals surface area contributed by atoms with Gasteiger partial charge in [0.05, 0.1) is 23.3 Å². The van der Waals surface area contributed by atoms with Gasteiger partial charge in [0.1, 0.15) is 0 Å². The van der Waals surface area contributed by atoms with E-state index in [2.05, 4.69) is 25.7 Å². The van der Waals surface area contributed by atoms with E-state index in [1.165, 1.54) is 0 Å². The lowest BCUT2D eigenvalue weighted by atomic mass is 10.4. The molecule has 18 heavy (non-hydrogen) atoms. The van der Waals surface area contributed by atoms with Crippen molar-refractivity contribution < 1.29 is 0 Å². The first-order valence-corrected chi connectivity index (χ1v) is 5.75. The lowest BCUT2D eigenvalue weighted by molar-refractivity contribution is 0.653. The highest BCUT2D eigenvalue weighted by molar-refractivity contribution is 5.63. The topological polar surface area (TPSA) is 93.7 Å². The number of rotatable bonds is 4. The average Bonchev–Trinajstić information content (AvgIpc) is 2.72. The van der Waals surface area contributed by atoms with Crippen molar-refractivity contribution >= 4 is 23.1 Å². The largest absolute Gasteiger partial charge is 0.394 e. The van der Waals surface area contributed by atoms with E-state index >= 15 is 0 Å². The molecule has 0 saturated carbocycles. The molecule has 0 radical (unpaired) electrons. The van der Waals surface area contributed by atoms with E-state index in [1.54, 1.807) is 13.2 Å². The maximum atomic E-state index is 5.72. The number of nitrogens with zero attached hydrogens (tertiary/aromatic N) is 4. The third-order valence-electron chi connectivity index (χ3n) is 2.57. The summed E-state index contributed by atoms with van der Waals surface area (Å²) in [5.74, 6) is 1.10. The number of nitrogens with one attached hydrogen (secondary N) is 2. The fourth-order valence-electron chi connectivity index (χ4n) is 1.57. The van der Waals surface area contributed by atoms with Crippen molar-refractivity contribution in [2.24, 2.45) is 0 Å². The van der Waals surface area contributed by atoms with Crippen molar-refractivity contribution in [3.63, 3.8) is 0 Å². The van der Waals surface area contributed by atoms with E-state index in [4.69, 9.17) is 5.73 Å². The van der Waals surface area contributed by atoms with Crippen molar-refractivity contribution in [3.05, 3.63) is 18.1 Å². The van der Waals surface area contributed by atoms with Gasteiger partial charge in [0.25, 0.3) is 0 Å². The predicted octanol–water partition coefficient (Wildman–Crippen LogP) is 1.37. The quantitative estimate of drug-likeness (QED) is 0.755. The smallest absolute Gasteiger partial charge is 0.229 e. The van der Waals surface area contributed by atoms with Gasteiger partial charge in [0, 0.05) is 19.8 Å². The molecular weight excluding hydrogens is 230 g/mol. The first-order valence-electron chi connectivity index (χ1n) is 5.75. The van der Waals surface area contributed by atoms with Crippen molar-refractivity contribution in [2.45, 2.75) is 20.4 Å². The summed E-state index contributed by atoms with van der Waals surface area (Å²) in [6.07, 6.45) is 3.49. The van der Waals surface area contributed by atoms with Gasteiger partial charge in [-0.25, -0.2) is 4.98 Å². The number of nitrogen functional groups attached to an aromatic ring is 1. The van der Waals surface area contributed by atoms with Gasteiger partial charge in [-0.05, 0) is 13.8 Å². The zero-order chi connectivity index (χ0) is 13.1. The zero-order valence-electron chi connectivity index (χ0n) is 10.7. The Kier molecular flexibility index (Phi) is 3.31. The van der Waals surface area contributed by atoms with E-state index in [1.807, 2.05) is 24.7 Å². The van der Waals surface area contributed by atoms with Crippen LogP contribution in [0.4, 0.5) is 23.1 Å². The molecule has 0 atom stereocenters. The summed E-state index contributed by atoms with van der Waals surface area (Å²) in [4.78, 5) is 8.40. The normalized spacial score (nSPS) is 10.4. The summed E-state index contributed by atoms with van der Waals surface area (Å²) in [5.41, 5.74) is 8.03. The third-order valence-corrected chi connectivity index (χ3v) is 2.57. The second-order valence-corrected chi connectivity index (χ2v) is 3.86. The van der Waals surface area contributed by atoms with Gasteiger partial charge in [0.15, 0.2) is 5.82 Å². The van der Waals surface area contributed by atoms with E-state index < -0.39 is 0 Å². The lowest BCUT2D eigenvalue weighted by Crippen LogP contribution is -2.04. The molecule has 0 aliphatic carbocycles. The molecule has 0 unspecified atom stereocenters. The molecule has 96 valence electrons. The summed E-state index contributed by atoms with van der Waals surface area (Å²) in [5, 5.41) is 10.4. The van der Waals surface area contributed by atoms with Crippen LogP contribution in [0.2, 0.25) is 0 Å². The summed E-state index contributed by atoms with van der Waals surface area (Å²) in [7, 11) is 1.77. The maximum absolute atomic E-state index is 5.72. The number of hydrogen-bond acceptors (Lipinski definition) is 6. The van der Waals surface area contributed by atoms with Crippen LogP contribution in [0.1, 0.15) is 12.6 Å². The molecule has 2 rings (SSSR count). The molecule has 0 aliphatic heterocycles. The maximum Gasteiger partial charge on any atom is 0.229 e. The minimum atomic E-state index is 0.493. The number of aromatic nitrogens is 4. The Labute approximate surface area is 105 Å².